The van der Waals surface area contributed by atoms with Crippen molar-refractivity contribution in [1.29, 1.82) is 0 Å². The van der Waals surface area contributed by atoms with Gasteiger partial charge in [0.25, 0.3) is 0 Å². The van der Waals surface area contributed by atoms with Crippen LogP contribution in [0.2, 0.25) is 0 Å². The first kappa shape index (κ1) is 7.77. The molecule has 0 fully saturated rings. The molecular weight excluding hydrogens is 150 g/mol. The molecule has 2 radical (unpaired) electrons. The Balaban J connectivity index is 2.23. The minimum atomic E-state index is 0.139. The van der Waals surface area contributed by atoms with E-state index >= 15 is 0 Å². The second-order valence-electron chi connectivity index (χ2n) is 3.01. The van der Waals surface area contributed by atoms with Gasteiger partial charge >= 0.3 is 0 Å². The molecule has 2 heteroatoms. The lowest BCUT2D eigenvalue weighted by atomic mass is 9.96. The second kappa shape index (κ2) is 3.25. The van der Waals surface area contributed by atoms with Crippen LogP contribution in [0.3, 0.4) is 0 Å². The third-order valence-corrected chi connectivity index (χ3v) is 2.12. The normalized spacial score (nSPS) is 21.9. The van der Waals surface area contributed by atoms with Crippen molar-refractivity contribution in [1.82, 2.24) is 5.32 Å². The van der Waals surface area contributed by atoms with Gasteiger partial charge in [0.15, 0.2) is 0 Å². The van der Waals surface area contributed by atoms with E-state index in [9.17, 15) is 0 Å². The second-order valence-corrected chi connectivity index (χ2v) is 3.01. The molecule has 0 saturated carbocycles. The summed E-state index contributed by atoms with van der Waals surface area (Å²) < 4.78 is 0. The van der Waals surface area contributed by atoms with E-state index in [1.807, 2.05) is 18.2 Å². The number of nitrogens with one attached hydrogen (secondary N) is 1. The lowest BCUT2D eigenvalue weighted by molar-refractivity contribution is 0.246. The molecule has 1 atom stereocenters. The van der Waals surface area contributed by atoms with Crippen molar-refractivity contribution in [2.24, 2.45) is 0 Å². The highest BCUT2D eigenvalue weighted by Crippen LogP contribution is 2.16. The van der Waals surface area contributed by atoms with Gasteiger partial charge in [0.1, 0.15) is 0 Å². The Hall–Kier alpha value is -0.860. The molecule has 12 heavy (non-hydrogen) atoms. The first-order valence-corrected chi connectivity index (χ1v) is 4.10. The predicted octanol–water partition coefficient (Wildman–Crippen LogP) is 0.580. The third kappa shape index (κ3) is 1.36. The Bertz CT molecular complexity index is 272. The number of hydrogen-bond acceptors (Lipinski definition) is 2. The molecule has 62 valence electrons. The smallest absolute Gasteiger partial charge is 0.0939 e. The maximum absolute atomic E-state index is 8.91. The molecule has 0 spiro atoms. The average Bonchev–Trinajstić information content (AvgIpc) is 2.17. The SMILES string of the molecule is OCC1Cc2ccccc2[C]N1. The standard InChI is InChI=1S/C10H11NO/c12-7-10-5-8-3-1-2-4-9(8)6-11-10/h1-4,10-12H,5,7H2. The topological polar surface area (TPSA) is 32.3 Å². The van der Waals surface area contributed by atoms with Crippen LogP contribution in [0.4, 0.5) is 0 Å². The van der Waals surface area contributed by atoms with Crippen LogP contribution in [0, 0.1) is 6.54 Å². The van der Waals surface area contributed by atoms with Crippen LogP contribution < -0.4 is 5.32 Å². The van der Waals surface area contributed by atoms with Gasteiger partial charge in [-0.25, -0.2) is 0 Å². The average molecular weight is 161 g/mol. The van der Waals surface area contributed by atoms with Crippen molar-refractivity contribution in [2.45, 2.75) is 12.5 Å². The van der Waals surface area contributed by atoms with Crippen molar-refractivity contribution >= 4 is 0 Å². The molecule has 0 aliphatic carbocycles. The van der Waals surface area contributed by atoms with Gasteiger partial charge in [0, 0.05) is 6.04 Å². The fourth-order valence-corrected chi connectivity index (χ4v) is 1.43. The minimum Gasteiger partial charge on any atom is -0.395 e. The molecule has 1 aromatic carbocycles. The summed E-state index contributed by atoms with van der Waals surface area (Å²) in [6, 6.07) is 8.24. The molecule has 1 aliphatic heterocycles. The molecule has 0 bridgehead atoms. The number of hydrogen-bond donors (Lipinski definition) is 2. The molecule has 0 amide bonds. The minimum absolute atomic E-state index is 0.139. The summed E-state index contributed by atoms with van der Waals surface area (Å²) in [5, 5.41) is 11.9. The van der Waals surface area contributed by atoms with Gasteiger partial charge in [-0.1, -0.05) is 24.3 Å². The monoisotopic (exact) mass is 161 g/mol. The summed E-state index contributed by atoms with van der Waals surface area (Å²) in [5.41, 5.74) is 2.37. The number of fused-ring (bicyclic) bond motifs is 1. The van der Waals surface area contributed by atoms with E-state index in [4.69, 9.17) is 5.11 Å². The summed E-state index contributed by atoms with van der Waals surface area (Å²) >= 11 is 0. The Morgan fingerprint density at radius 3 is 3.17 bits per heavy atom. The van der Waals surface area contributed by atoms with Gasteiger partial charge in [-0.05, 0) is 17.5 Å². The van der Waals surface area contributed by atoms with Gasteiger partial charge in [-0.3, -0.25) is 5.32 Å². The summed E-state index contributed by atoms with van der Waals surface area (Å²) in [6.07, 6.45) is 0.889. The molecule has 1 aliphatic rings. The van der Waals surface area contributed by atoms with Crippen molar-refractivity contribution in [3.05, 3.63) is 41.9 Å². The summed E-state index contributed by atoms with van der Waals surface area (Å²) in [4.78, 5) is 0. The van der Waals surface area contributed by atoms with Crippen LogP contribution in [-0.4, -0.2) is 17.8 Å². The van der Waals surface area contributed by atoms with Crippen LogP contribution >= 0.6 is 0 Å². The van der Waals surface area contributed by atoms with Gasteiger partial charge in [0.05, 0.1) is 13.2 Å². The van der Waals surface area contributed by atoms with E-state index in [1.165, 1.54) is 5.56 Å². The molecule has 1 heterocycles. The molecule has 2 nitrogen and oxygen atoms in total. The van der Waals surface area contributed by atoms with Crippen LogP contribution in [-0.2, 0) is 6.42 Å². The van der Waals surface area contributed by atoms with E-state index in [-0.39, 0.29) is 12.6 Å². The quantitative estimate of drug-likeness (QED) is 0.631. The zero-order chi connectivity index (χ0) is 8.39. The Labute approximate surface area is 72.2 Å². The molecule has 2 rings (SSSR count). The highest BCUT2D eigenvalue weighted by molar-refractivity contribution is 5.35. The maximum atomic E-state index is 8.91. The van der Waals surface area contributed by atoms with Crippen LogP contribution in [0.25, 0.3) is 0 Å². The molecule has 1 aromatic rings. The fourth-order valence-electron chi connectivity index (χ4n) is 1.43. The summed E-state index contributed by atoms with van der Waals surface area (Å²) in [6.45, 7) is 3.22. The highest BCUT2D eigenvalue weighted by atomic mass is 16.3. The van der Waals surface area contributed by atoms with Crippen LogP contribution in [0.1, 0.15) is 11.1 Å². The number of rotatable bonds is 1. The van der Waals surface area contributed by atoms with E-state index < -0.39 is 0 Å². The Kier molecular flexibility index (Phi) is 2.11. The van der Waals surface area contributed by atoms with Crippen molar-refractivity contribution in [3.63, 3.8) is 0 Å². The first-order valence-electron chi connectivity index (χ1n) is 4.10. The number of aliphatic hydroxyl groups excluding tert-OH is 1. The molecular formula is C10H11NO. The van der Waals surface area contributed by atoms with E-state index in [2.05, 4.69) is 17.9 Å². The lowest BCUT2D eigenvalue weighted by Crippen LogP contribution is -2.36. The largest absolute Gasteiger partial charge is 0.395 e. The van der Waals surface area contributed by atoms with E-state index in [0.717, 1.165) is 12.0 Å². The van der Waals surface area contributed by atoms with Crippen LogP contribution in [0.15, 0.2) is 24.3 Å². The Morgan fingerprint density at radius 2 is 2.33 bits per heavy atom. The van der Waals surface area contributed by atoms with Gasteiger partial charge in [-0.2, -0.15) is 0 Å². The van der Waals surface area contributed by atoms with Gasteiger partial charge in [0.2, 0.25) is 0 Å². The molecule has 0 saturated heterocycles. The zero-order valence-corrected chi connectivity index (χ0v) is 6.75. The van der Waals surface area contributed by atoms with Gasteiger partial charge < -0.3 is 5.11 Å². The number of benzene rings is 1. The van der Waals surface area contributed by atoms with Crippen molar-refractivity contribution in [2.75, 3.05) is 6.61 Å². The van der Waals surface area contributed by atoms with Crippen molar-refractivity contribution < 1.29 is 5.11 Å². The number of aliphatic hydroxyl groups is 1. The maximum Gasteiger partial charge on any atom is 0.0939 e. The van der Waals surface area contributed by atoms with Crippen molar-refractivity contribution in [3.8, 4) is 0 Å². The predicted molar refractivity (Wildman–Crippen MR) is 46.5 cm³/mol. The first-order chi connectivity index (χ1) is 5.90. The zero-order valence-electron chi connectivity index (χ0n) is 6.75. The van der Waals surface area contributed by atoms with E-state index in [1.54, 1.807) is 0 Å². The van der Waals surface area contributed by atoms with Crippen LogP contribution in [0.5, 0.6) is 0 Å². The molecule has 1 unspecified atom stereocenters. The summed E-state index contributed by atoms with van der Waals surface area (Å²) in [5.74, 6) is 0. The van der Waals surface area contributed by atoms with Gasteiger partial charge in [-0.15, -0.1) is 0 Å². The molecule has 0 aromatic heterocycles. The Morgan fingerprint density at radius 1 is 1.50 bits per heavy atom. The molecule has 2 N–H and O–H groups in total. The highest BCUT2D eigenvalue weighted by Gasteiger charge is 2.16. The fraction of sp³-hybridized carbons (Fsp3) is 0.300. The summed E-state index contributed by atoms with van der Waals surface area (Å²) in [7, 11) is 0. The van der Waals surface area contributed by atoms with E-state index in [0.29, 0.717) is 0 Å². The third-order valence-electron chi connectivity index (χ3n) is 2.12. The lowest BCUT2D eigenvalue weighted by Gasteiger charge is -2.23.